The van der Waals surface area contributed by atoms with Crippen LogP contribution in [0.15, 0.2) is 24.3 Å². The van der Waals surface area contributed by atoms with Gasteiger partial charge in [0.15, 0.2) is 0 Å². The van der Waals surface area contributed by atoms with Crippen molar-refractivity contribution in [2.45, 2.75) is 25.9 Å². The summed E-state index contributed by atoms with van der Waals surface area (Å²) in [6.07, 6.45) is 0.801. The van der Waals surface area contributed by atoms with Crippen molar-refractivity contribution in [3.8, 4) is 0 Å². The molecule has 0 saturated carbocycles. The summed E-state index contributed by atoms with van der Waals surface area (Å²) in [5, 5.41) is 0. The van der Waals surface area contributed by atoms with Gasteiger partial charge < -0.3 is 4.74 Å². The van der Waals surface area contributed by atoms with Gasteiger partial charge >= 0.3 is 5.97 Å². The highest BCUT2D eigenvalue weighted by Crippen LogP contribution is 2.26. The van der Waals surface area contributed by atoms with Gasteiger partial charge in [-0.1, -0.05) is 18.2 Å². The summed E-state index contributed by atoms with van der Waals surface area (Å²) in [4.78, 5) is 11.5. The predicted octanol–water partition coefficient (Wildman–Crippen LogP) is 2.18. The fourth-order valence-corrected chi connectivity index (χ4v) is 1.67. The Kier molecular flexibility index (Phi) is 1.65. The zero-order chi connectivity index (χ0) is 9.47. The van der Waals surface area contributed by atoms with Crippen molar-refractivity contribution in [2.24, 2.45) is 0 Å². The van der Waals surface area contributed by atoms with Gasteiger partial charge in [0.05, 0.1) is 5.56 Å². The van der Waals surface area contributed by atoms with Crippen molar-refractivity contribution in [3.63, 3.8) is 0 Å². The molecule has 0 amide bonds. The highest BCUT2D eigenvalue weighted by molar-refractivity contribution is 5.92. The summed E-state index contributed by atoms with van der Waals surface area (Å²) in [6, 6.07) is 7.61. The van der Waals surface area contributed by atoms with Crippen LogP contribution >= 0.6 is 0 Å². The Balaban J connectivity index is 2.49. The van der Waals surface area contributed by atoms with E-state index in [2.05, 4.69) is 0 Å². The maximum absolute atomic E-state index is 11.5. The number of hydrogen-bond acceptors (Lipinski definition) is 2. The summed E-state index contributed by atoms with van der Waals surface area (Å²) in [5.74, 6) is -0.202. The van der Waals surface area contributed by atoms with E-state index in [0.717, 1.165) is 12.0 Å². The van der Waals surface area contributed by atoms with Crippen LogP contribution in [0.1, 0.15) is 29.8 Å². The lowest BCUT2D eigenvalue weighted by Gasteiger charge is -2.30. The fraction of sp³-hybridized carbons (Fsp3) is 0.364. The van der Waals surface area contributed by atoms with Crippen LogP contribution in [0.3, 0.4) is 0 Å². The minimum atomic E-state index is -0.356. The molecule has 0 N–H and O–H groups in total. The molecule has 2 heteroatoms. The molecule has 2 rings (SSSR count). The van der Waals surface area contributed by atoms with Crippen molar-refractivity contribution >= 4 is 5.97 Å². The van der Waals surface area contributed by atoms with Crippen molar-refractivity contribution < 1.29 is 9.53 Å². The summed E-state index contributed by atoms with van der Waals surface area (Å²) in [5.41, 5.74) is 1.44. The number of benzene rings is 1. The molecule has 13 heavy (non-hydrogen) atoms. The van der Waals surface area contributed by atoms with Gasteiger partial charge in [0.2, 0.25) is 0 Å². The molecule has 0 bridgehead atoms. The van der Waals surface area contributed by atoms with Gasteiger partial charge in [-0.15, -0.1) is 0 Å². The Morgan fingerprint density at radius 2 is 2.00 bits per heavy atom. The number of rotatable bonds is 0. The Morgan fingerprint density at radius 1 is 1.31 bits per heavy atom. The molecule has 1 aromatic rings. The van der Waals surface area contributed by atoms with Crippen LogP contribution in [0.4, 0.5) is 0 Å². The third-order valence-electron chi connectivity index (χ3n) is 2.22. The summed E-state index contributed by atoms with van der Waals surface area (Å²) in [7, 11) is 0. The quantitative estimate of drug-likeness (QED) is 0.566. The van der Waals surface area contributed by atoms with Gasteiger partial charge in [-0.25, -0.2) is 4.79 Å². The SMILES string of the molecule is CC1(C)Cc2ccccc2C(=O)O1. The zero-order valence-corrected chi connectivity index (χ0v) is 7.83. The second-order valence-electron chi connectivity index (χ2n) is 3.98. The van der Waals surface area contributed by atoms with Crippen LogP contribution < -0.4 is 0 Å². The molecule has 0 aliphatic carbocycles. The minimum Gasteiger partial charge on any atom is -0.456 e. The third-order valence-corrected chi connectivity index (χ3v) is 2.22. The molecule has 0 spiro atoms. The zero-order valence-electron chi connectivity index (χ0n) is 7.83. The maximum atomic E-state index is 11.5. The molecule has 0 atom stereocenters. The van der Waals surface area contributed by atoms with Crippen LogP contribution in [-0.2, 0) is 11.2 Å². The summed E-state index contributed by atoms with van der Waals surface area (Å²) in [6.45, 7) is 3.86. The average Bonchev–Trinajstić information content (AvgIpc) is 2.02. The van der Waals surface area contributed by atoms with E-state index in [1.54, 1.807) is 0 Å². The van der Waals surface area contributed by atoms with E-state index in [1.807, 2.05) is 38.1 Å². The molecule has 68 valence electrons. The second-order valence-corrected chi connectivity index (χ2v) is 3.98. The van der Waals surface area contributed by atoms with Crippen molar-refractivity contribution in [2.75, 3.05) is 0 Å². The van der Waals surface area contributed by atoms with Crippen molar-refractivity contribution in [3.05, 3.63) is 35.4 Å². The molecule has 2 nitrogen and oxygen atoms in total. The topological polar surface area (TPSA) is 26.3 Å². The highest BCUT2D eigenvalue weighted by Gasteiger charge is 2.31. The second kappa shape index (κ2) is 2.59. The van der Waals surface area contributed by atoms with E-state index in [1.165, 1.54) is 0 Å². The van der Waals surface area contributed by atoms with Gasteiger partial charge in [-0.05, 0) is 25.5 Å². The van der Waals surface area contributed by atoms with E-state index < -0.39 is 0 Å². The average molecular weight is 176 g/mol. The molecule has 0 fully saturated rings. The highest BCUT2D eigenvalue weighted by atomic mass is 16.6. The summed E-state index contributed by atoms with van der Waals surface area (Å²) < 4.78 is 5.26. The Morgan fingerprint density at radius 3 is 2.77 bits per heavy atom. The van der Waals surface area contributed by atoms with Gasteiger partial charge in [0.25, 0.3) is 0 Å². The smallest absolute Gasteiger partial charge is 0.338 e. The van der Waals surface area contributed by atoms with E-state index in [9.17, 15) is 4.79 Å². The first-order valence-corrected chi connectivity index (χ1v) is 4.40. The first kappa shape index (κ1) is 8.30. The molecule has 1 aliphatic rings. The number of hydrogen-bond donors (Lipinski definition) is 0. The number of esters is 1. The predicted molar refractivity (Wildman–Crippen MR) is 49.6 cm³/mol. The molecule has 0 aromatic heterocycles. The molecule has 1 aliphatic heterocycles. The van der Waals surface area contributed by atoms with Crippen LogP contribution in [0, 0.1) is 0 Å². The molecule has 0 unspecified atom stereocenters. The molecular formula is C11H12O2. The number of ether oxygens (including phenoxy) is 1. The molecule has 1 aromatic carbocycles. The number of cyclic esters (lactones) is 1. The monoisotopic (exact) mass is 176 g/mol. The van der Waals surface area contributed by atoms with Gasteiger partial charge in [0, 0.05) is 6.42 Å². The normalized spacial score (nSPS) is 19.1. The van der Waals surface area contributed by atoms with Gasteiger partial charge in [-0.3, -0.25) is 0 Å². The van der Waals surface area contributed by atoms with Crippen molar-refractivity contribution in [1.82, 2.24) is 0 Å². The van der Waals surface area contributed by atoms with Crippen LogP contribution in [0.5, 0.6) is 0 Å². The standard InChI is InChI=1S/C11H12O2/c1-11(2)7-8-5-3-4-6-9(8)10(12)13-11/h3-6H,7H2,1-2H3. The molecule has 0 radical (unpaired) electrons. The largest absolute Gasteiger partial charge is 0.456 e. The molecule has 1 heterocycles. The van der Waals surface area contributed by atoms with E-state index >= 15 is 0 Å². The first-order valence-electron chi connectivity index (χ1n) is 4.40. The van der Waals surface area contributed by atoms with Crippen LogP contribution in [-0.4, -0.2) is 11.6 Å². The maximum Gasteiger partial charge on any atom is 0.338 e. The molecular weight excluding hydrogens is 164 g/mol. The molecule has 0 saturated heterocycles. The van der Waals surface area contributed by atoms with Crippen molar-refractivity contribution in [1.29, 1.82) is 0 Å². The van der Waals surface area contributed by atoms with E-state index in [-0.39, 0.29) is 11.6 Å². The lowest BCUT2D eigenvalue weighted by Crippen LogP contribution is -2.35. The third kappa shape index (κ3) is 1.44. The lowest BCUT2D eigenvalue weighted by molar-refractivity contribution is -0.00647. The van der Waals surface area contributed by atoms with Crippen LogP contribution in [0.2, 0.25) is 0 Å². The Bertz CT molecular complexity index is 353. The minimum absolute atomic E-state index is 0.202. The first-order chi connectivity index (χ1) is 6.08. The van der Waals surface area contributed by atoms with Crippen LogP contribution in [0.25, 0.3) is 0 Å². The summed E-state index contributed by atoms with van der Waals surface area (Å²) >= 11 is 0. The van der Waals surface area contributed by atoms with Gasteiger partial charge in [0.1, 0.15) is 5.60 Å². The Labute approximate surface area is 77.5 Å². The number of carbonyl (C=O) groups is 1. The lowest BCUT2D eigenvalue weighted by atomic mass is 9.92. The Hall–Kier alpha value is -1.31. The van der Waals surface area contributed by atoms with Gasteiger partial charge in [-0.2, -0.15) is 0 Å². The van der Waals surface area contributed by atoms with E-state index in [0.29, 0.717) is 5.56 Å². The number of fused-ring (bicyclic) bond motifs is 1. The van der Waals surface area contributed by atoms with E-state index in [4.69, 9.17) is 4.74 Å². The fourth-order valence-electron chi connectivity index (χ4n) is 1.67. The number of carbonyl (C=O) groups excluding carboxylic acids is 1.